The summed E-state index contributed by atoms with van der Waals surface area (Å²) in [6.45, 7) is 8.48. The third-order valence-electron chi connectivity index (χ3n) is 4.79. The zero-order chi connectivity index (χ0) is 20.9. The monoisotopic (exact) mass is 427 g/mol. The molecule has 0 aliphatic carbocycles. The van der Waals surface area contributed by atoms with Gasteiger partial charge >= 0.3 is 6.09 Å². The van der Waals surface area contributed by atoms with Gasteiger partial charge < -0.3 is 14.2 Å². The van der Waals surface area contributed by atoms with Gasteiger partial charge in [-0.25, -0.2) is 18.2 Å². The Bertz CT molecular complexity index is 1010. The lowest BCUT2D eigenvalue weighted by Crippen LogP contribution is -2.45. The highest BCUT2D eigenvalue weighted by molar-refractivity contribution is 7.90. The summed E-state index contributed by atoms with van der Waals surface area (Å²) in [5, 5.41) is 0.539. The number of hydrogen-bond donors (Lipinski definition) is 0. The van der Waals surface area contributed by atoms with Crippen molar-refractivity contribution in [1.82, 2.24) is 14.5 Å². The highest BCUT2D eigenvalue weighted by Crippen LogP contribution is 2.35. The quantitative estimate of drug-likeness (QED) is 0.725. The van der Waals surface area contributed by atoms with Crippen LogP contribution >= 0.6 is 11.6 Å². The molecule has 1 aromatic carbocycles. The van der Waals surface area contributed by atoms with Gasteiger partial charge in [-0.05, 0) is 51.3 Å². The second kappa shape index (κ2) is 7.22. The van der Waals surface area contributed by atoms with Crippen molar-refractivity contribution in [2.24, 2.45) is 5.92 Å². The van der Waals surface area contributed by atoms with E-state index in [9.17, 15) is 13.2 Å². The van der Waals surface area contributed by atoms with Crippen LogP contribution in [0.1, 0.15) is 40.2 Å². The average Bonchev–Trinajstić information content (AvgIpc) is 2.91. The molecule has 0 saturated carbocycles. The van der Waals surface area contributed by atoms with Crippen LogP contribution in [0.15, 0.2) is 23.4 Å². The molecule has 2 heterocycles. The van der Waals surface area contributed by atoms with Crippen LogP contribution in [0, 0.1) is 5.92 Å². The minimum absolute atomic E-state index is 0.0230. The van der Waals surface area contributed by atoms with Gasteiger partial charge in [-0.2, -0.15) is 0 Å². The molecule has 2 atom stereocenters. The Kier molecular flexibility index (Phi) is 5.40. The molecule has 1 amide bonds. The molecule has 0 N–H and O–H groups in total. The van der Waals surface area contributed by atoms with Gasteiger partial charge in [0.1, 0.15) is 5.60 Å². The molecule has 0 unspecified atom stereocenters. The second-order valence-electron chi connectivity index (χ2n) is 8.43. The number of imidazole rings is 1. The first kappa shape index (κ1) is 20.9. The number of aromatic nitrogens is 2. The normalized spacial score (nSPS) is 21.1. The predicted octanol–water partition coefficient (Wildman–Crippen LogP) is 3.91. The molecule has 3 rings (SSSR count). The van der Waals surface area contributed by atoms with Crippen LogP contribution in [-0.2, 0) is 14.6 Å². The summed E-state index contributed by atoms with van der Waals surface area (Å²) in [4.78, 5) is 18.4. The number of sulfone groups is 1. The number of hydrogen-bond acceptors (Lipinski definition) is 5. The van der Waals surface area contributed by atoms with Crippen molar-refractivity contribution in [3.63, 3.8) is 0 Å². The van der Waals surface area contributed by atoms with Crippen LogP contribution in [0.3, 0.4) is 0 Å². The summed E-state index contributed by atoms with van der Waals surface area (Å²) in [6, 6.07) is 5.10. The van der Waals surface area contributed by atoms with Gasteiger partial charge in [0.05, 0.1) is 11.0 Å². The van der Waals surface area contributed by atoms with Crippen molar-refractivity contribution in [2.45, 2.75) is 50.9 Å². The number of nitrogens with zero attached hydrogens (tertiary/aromatic N) is 3. The van der Waals surface area contributed by atoms with E-state index in [-0.39, 0.29) is 23.2 Å². The van der Waals surface area contributed by atoms with E-state index in [1.54, 1.807) is 27.7 Å². The molecule has 1 aliphatic rings. The molecule has 0 spiro atoms. The number of benzene rings is 1. The zero-order valence-corrected chi connectivity index (χ0v) is 18.3. The molecule has 1 fully saturated rings. The minimum Gasteiger partial charge on any atom is -0.444 e. The smallest absolute Gasteiger partial charge is 0.410 e. The average molecular weight is 428 g/mol. The Labute approximate surface area is 170 Å². The molecule has 1 saturated heterocycles. The van der Waals surface area contributed by atoms with E-state index in [4.69, 9.17) is 16.3 Å². The first-order valence-corrected chi connectivity index (χ1v) is 11.5. The third-order valence-corrected chi connectivity index (χ3v) is 5.98. The number of amides is 1. The summed E-state index contributed by atoms with van der Waals surface area (Å²) in [5.74, 6) is 0.0230. The van der Waals surface area contributed by atoms with E-state index in [1.165, 1.54) is 0 Å². The lowest BCUT2D eigenvalue weighted by molar-refractivity contribution is 0.0122. The van der Waals surface area contributed by atoms with E-state index in [1.807, 2.05) is 27.7 Å². The Morgan fingerprint density at radius 2 is 2.00 bits per heavy atom. The van der Waals surface area contributed by atoms with Crippen LogP contribution < -0.4 is 0 Å². The summed E-state index contributed by atoms with van der Waals surface area (Å²) in [5.41, 5.74) is 0.725. The molecular weight excluding hydrogens is 402 g/mol. The van der Waals surface area contributed by atoms with Crippen LogP contribution in [-0.4, -0.2) is 53.9 Å². The SMILES string of the molecule is C[C@H]1CN(C(=O)OC(C)(C)C)CC[C@@H]1n1c(S(C)(=O)=O)nc2cc(Cl)ccc21. The summed E-state index contributed by atoms with van der Waals surface area (Å²) in [6.07, 6.45) is 1.42. The number of fused-ring (bicyclic) bond motifs is 1. The first-order chi connectivity index (χ1) is 12.9. The Morgan fingerprint density at radius 3 is 2.57 bits per heavy atom. The number of carbonyl (C=O) groups excluding carboxylic acids is 1. The van der Waals surface area contributed by atoms with Gasteiger partial charge in [-0.15, -0.1) is 0 Å². The molecule has 1 aliphatic heterocycles. The Morgan fingerprint density at radius 1 is 1.32 bits per heavy atom. The molecule has 0 bridgehead atoms. The van der Waals surface area contributed by atoms with Crippen molar-refractivity contribution < 1.29 is 17.9 Å². The van der Waals surface area contributed by atoms with E-state index in [0.717, 1.165) is 11.8 Å². The van der Waals surface area contributed by atoms with E-state index in [0.29, 0.717) is 30.0 Å². The second-order valence-corrected chi connectivity index (χ2v) is 10.8. The number of rotatable bonds is 2. The Hall–Kier alpha value is -1.80. The fraction of sp³-hybridized carbons (Fsp3) is 0.579. The van der Waals surface area contributed by atoms with Crippen molar-refractivity contribution in [1.29, 1.82) is 0 Å². The highest BCUT2D eigenvalue weighted by atomic mass is 35.5. The lowest BCUT2D eigenvalue weighted by atomic mass is 9.93. The molecule has 2 aromatic rings. The lowest BCUT2D eigenvalue weighted by Gasteiger charge is -2.38. The maximum atomic E-state index is 12.4. The fourth-order valence-corrected chi connectivity index (χ4v) is 4.66. The minimum atomic E-state index is -3.53. The molecule has 28 heavy (non-hydrogen) atoms. The maximum absolute atomic E-state index is 12.4. The third kappa shape index (κ3) is 4.27. The standard InChI is InChI=1S/C19H26ClN3O4S/c1-12-11-22(18(24)27-19(2,3)4)9-8-15(12)23-16-7-6-13(20)10-14(16)21-17(23)28(5,25)26/h6-7,10,12,15H,8-9,11H2,1-5H3/t12-,15-/m0/s1. The first-order valence-electron chi connectivity index (χ1n) is 9.22. The molecule has 9 heteroatoms. The van der Waals surface area contributed by atoms with E-state index >= 15 is 0 Å². The van der Waals surface area contributed by atoms with Crippen molar-refractivity contribution in [3.8, 4) is 0 Å². The van der Waals surface area contributed by atoms with Gasteiger partial charge in [0.2, 0.25) is 15.0 Å². The zero-order valence-electron chi connectivity index (χ0n) is 16.8. The van der Waals surface area contributed by atoms with Crippen molar-refractivity contribution in [3.05, 3.63) is 23.2 Å². The number of piperidine rings is 1. The van der Waals surface area contributed by atoms with Gasteiger partial charge in [0, 0.05) is 30.4 Å². The van der Waals surface area contributed by atoms with Gasteiger partial charge in [0.15, 0.2) is 0 Å². The molecular formula is C19H26ClN3O4S. The number of ether oxygens (including phenoxy) is 1. The molecule has 1 aromatic heterocycles. The molecule has 154 valence electrons. The van der Waals surface area contributed by atoms with E-state index in [2.05, 4.69) is 4.98 Å². The van der Waals surface area contributed by atoms with Crippen LogP contribution in [0.25, 0.3) is 11.0 Å². The largest absolute Gasteiger partial charge is 0.444 e. The molecule has 7 nitrogen and oxygen atoms in total. The predicted molar refractivity (Wildman–Crippen MR) is 108 cm³/mol. The Balaban J connectivity index is 1.95. The summed E-state index contributed by atoms with van der Waals surface area (Å²) < 4.78 is 32.0. The van der Waals surface area contributed by atoms with Gasteiger partial charge in [-0.1, -0.05) is 18.5 Å². The summed E-state index contributed by atoms with van der Waals surface area (Å²) in [7, 11) is -3.53. The summed E-state index contributed by atoms with van der Waals surface area (Å²) >= 11 is 6.06. The van der Waals surface area contributed by atoms with Gasteiger partial charge in [0.25, 0.3) is 0 Å². The van der Waals surface area contributed by atoms with Crippen molar-refractivity contribution >= 4 is 38.6 Å². The maximum Gasteiger partial charge on any atom is 0.410 e. The molecule has 0 radical (unpaired) electrons. The van der Waals surface area contributed by atoms with Crippen molar-refractivity contribution in [2.75, 3.05) is 19.3 Å². The number of likely N-dealkylation sites (tertiary alicyclic amines) is 1. The van der Waals surface area contributed by atoms with Crippen LogP contribution in [0.4, 0.5) is 4.79 Å². The number of carbonyl (C=O) groups is 1. The highest BCUT2D eigenvalue weighted by Gasteiger charge is 2.35. The van der Waals surface area contributed by atoms with Gasteiger partial charge in [-0.3, -0.25) is 0 Å². The fourth-order valence-electron chi connectivity index (χ4n) is 3.64. The van der Waals surface area contributed by atoms with E-state index < -0.39 is 15.4 Å². The topological polar surface area (TPSA) is 81.5 Å². The van der Waals surface area contributed by atoms with Crippen LogP contribution in [0.2, 0.25) is 5.02 Å². The van der Waals surface area contributed by atoms with Crippen LogP contribution in [0.5, 0.6) is 0 Å². The number of halogens is 1.